The van der Waals surface area contributed by atoms with Crippen LogP contribution in [-0.4, -0.2) is 32.8 Å². The highest BCUT2D eigenvalue weighted by atomic mass is 35.5. The van der Waals surface area contributed by atoms with Gasteiger partial charge in [0.15, 0.2) is 6.10 Å². The summed E-state index contributed by atoms with van der Waals surface area (Å²) in [5.74, 6) is -1.89. The molecular formula is C23H24ClNO5. The topological polar surface area (TPSA) is 88.8 Å². The molecule has 0 bridgehead atoms. The van der Waals surface area contributed by atoms with Crippen molar-refractivity contribution in [2.75, 3.05) is 0 Å². The summed E-state index contributed by atoms with van der Waals surface area (Å²) in [4.78, 5) is 22.8. The summed E-state index contributed by atoms with van der Waals surface area (Å²) in [5, 5.41) is 19.9. The van der Waals surface area contributed by atoms with E-state index in [4.69, 9.17) is 16.3 Å². The standard InChI is InChI=1S/C23H24ClNO5/c1-12(2)21(23(28)29)30-20-9-15(5-7-18(20)24)11-25-14(4)13(3)17-10-16(22(26)27)6-8-19(17)25/h5-10,12,21H,11H2,1-4H3,(H,26,27)(H,28,29)/t21-/m0/s1. The minimum atomic E-state index is -1.04. The lowest BCUT2D eigenvalue weighted by atomic mass is 10.1. The monoisotopic (exact) mass is 429 g/mol. The highest BCUT2D eigenvalue weighted by Gasteiger charge is 2.24. The number of aliphatic carboxylic acids is 1. The number of aryl methyl sites for hydroxylation is 1. The van der Waals surface area contributed by atoms with Gasteiger partial charge in [0.2, 0.25) is 0 Å². The molecule has 2 aromatic carbocycles. The molecule has 0 unspecified atom stereocenters. The van der Waals surface area contributed by atoms with Crippen LogP contribution in [0.3, 0.4) is 0 Å². The zero-order chi connectivity index (χ0) is 22.2. The van der Waals surface area contributed by atoms with Gasteiger partial charge in [-0.2, -0.15) is 0 Å². The fourth-order valence-electron chi connectivity index (χ4n) is 3.51. The number of aromatic carboxylic acids is 1. The van der Waals surface area contributed by atoms with Crippen molar-refractivity contribution in [2.45, 2.75) is 40.3 Å². The molecule has 0 aliphatic carbocycles. The van der Waals surface area contributed by atoms with Crippen molar-refractivity contribution in [1.82, 2.24) is 4.57 Å². The SMILES string of the molecule is Cc1c(C)n(Cc2ccc(Cl)c(O[C@H](C(=O)O)C(C)C)c2)c2ccc(C(=O)O)cc12. The number of carboxylic acids is 2. The van der Waals surface area contributed by atoms with Crippen molar-refractivity contribution in [2.24, 2.45) is 5.92 Å². The van der Waals surface area contributed by atoms with Crippen molar-refractivity contribution in [1.29, 1.82) is 0 Å². The molecule has 6 nitrogen and oxygen atoms in total. The van der Waals surface area contributed by atoms with Crippen molar-refractivity contribution < 1.29 is 24.5 Å². The summed E-state index contributed by atoms with van der Waals surface area (Å²) in [7, 11) is 0. The number of carboxylic acid groups (broad SMARTS) is 2. The first-order valence-corrected chi connectivity index (χ1v) is 9.98. The Labute approximate surface area is 179 Å². The summed E-state index contributed by atoms with van der Waals surface area (Å²) < 4.78 is 7.80. The average molecular weight is 430 g/mol. The number of aromatic nitrogens is 1. The van der Waals surface area contributed by atoms with Crippen molar-refractivity contribution in [3.8, 4) is 5.75 Å². The molecule has 30 heavy (non-hydrogen) atoms. The van der Waals surface area contributed by atoms with Gasteiger partial charge >= 0.3 is 11.9 Å². The Balaban J connectivity index is 1.99. The molecule has 0 spiro atoms. The van der Waals surface area contributed by atoms with Crippen LogP contribution in [0, 0.1) is 19.8 Å². The first-order valence-electron chi connectivity index (χ1n) is 9.60. The predicted octanol–water partition coefficient (Wildman–Crippen LogP) is 5.15. The molecule has 3 aromatic rings. The van der Waals surface area contributed by atoms with E-state index in [0.29, 0.717) is 17.3 Å². The molecule has 1 heterocycles. The van der Waals surface area contributed by atoms with E-state index in [2.05, 4.69) is 4.57 Å². The van der Waals surface area contributed by atoms with E-state index in [1.807, 2.05) is 26.0 Å². The first kappa shape index (κ1) is 21.7. The van der Waals surface area contributed by atoms with Crippen LogP contribution in [0.15, 0.2) is 36.4 Å². The third-order valence-electron chi connectivity index (χ3n) is 5.33. The number of carbonyl (C=O) groups is 2. The molecule has 1 atom stereocenters. The molecule has 0 amide bonds. The molecule has 7 heteroatoms. The van der Waals surface area contributed by atoms with E-state index in [0.717, 1.165) is 27.7 Å². The number of ether oxygens (including phenoxy) is 1. The lowest BCUT2D eigenvalue weighted by molar-refractivity contribution is -0.147. The van der Waals surface area contributed by atoms with E-state index in [-0.39, 0.29) is 11.5 Å². The van der Waals surface area contributed by atoms with Gasteiger partial charge in [0.1, 0.15) is 5.75 Å². The van der Waals surface area contributed by atoms with E-state index in [9.17, 15) is 19.8 Å². The Morgan fingerprint density at radius 1 is 1.10 bits per heavy atom. The van der Waals surface area contributed by atoms with Gasteiger partial charge in [0.05, 0.1) is 10.6 Å². The van der Waals surface area contributed by atoms with Crippen LogP contribution in [0.25, 0.3) is 10.9 Å². The lowest BCUT2D eigenvalue weighted by Gasteiger charge is -2.20. The maximum Gasteiger partial charge on any atom is 0.345 e. The minimum absolute atomic E-state index is 0.219. The van der Waals surface area contributed by atoms with Crippen LogP contribution in [0.5, 0.6) is 5.75 Å². The second-order valence-corrected chi connectivity index (χ2v) is 8.13. The summed E-state index contributed by atoms with van der Waals surface area (Å²) in [6, 6.07) is 10.4. The third-order valence-corrected chi connectivity index (χ3v) is 5.64. The zero-order valence-electron chi connectivity index (χ0n) is 17.3. The van der Waals surface area contributed by atoms with Gasteiger partial charge in [-0.15, -0.1) is 0 Å². The Kier molecular flexibility index (Phi) is 6.08. The zero-order valence-corrected chi connectivity index (χ0v) is 18.0. The van der Waals surface area contributed by atoms with Gasteiger partial charge in [-0.05, 0) is 55.3 Å². The average Bonchev–Trinajstić information content (AvgIpc) is 2.92. The first-order chi connectivity index (χ1) is 14.1. The molecule has 158 valence electrons. The maximum absolute atomic E-state index is 11.5. The molecule has 2 N–H and O–H groups in total. The fourth-order valence-corrected chi connectivity index (χ4v) is 3.68. The fraction of sp³-hybridized carbons (Fsp3) is 0.304. The molecule has 0 aliphatic heterocycles. The summed E-state index contributed by atoms with van der Waals surface area (Å²) >= 11 is 6.25. The second kappa shape index (κ2) is 8.40. The summed E-state index contributed by atoms with van der Waals surface area (Å²) in [6.07, 6.45) is -0.997. The lowest BCUT2D eigenvalue weighted by Crippen LogP contribution is -2.32. The highest BCUT2D eigenvalue weighted by molar-refractivity contribution is 6.32. The van der Waals surface area contributed by atoms with Crippen LogP contribution < -0.4 is 4.74 Å². The molecule has 0 radical (unpaired) electrons. The number of hydrogen-bond donors (Lipinski definition) is 2. The molecule has 0 saturated carbocycles. The van der Waals surface area contributed by atoms with Crippen LogP contribution >= 0.6 is 11.6 Å². The molecular weight excluding hydrogens is 406 g/mol. The van der Waals surface area contributed by atoms with Crippen molar-refractivity contribution >= 4 is 34.4 Å². The van der Waals surface area contributed by atoms with E-state index < -0.39 is 18.0 Å². The number of rotatable bonds is 7. The van der Waals surface area contributed by atoms with Crippen LogP contribution in [0.4, 0.5) is 0 Å². The highest BCUT2D eigenvalue weighted by Crippen LogP contribution is 2.31. The Bertz CT molecular complexity index is 1130. The van der Waals surface area contributed by atoms with Crippen molar-refractivity contribution in [3.05, 3.63) is 63.8 Å². The molecule has 1 aromatic heterocycles. The van der Waals surface area contributed by atoms with Crippen LogP contribution in [0.2, 0.25) is 5.02 Å². The largest absolute Gasteiger partial charge is 0.478 e. The van der Waals surface area contributed by atoms with Gasteiger partial charge in [0, 0.05) is 29.1 Å². The van der Waals surface area contributed by atoms with E-state index in [1.165, 1.54) is 0 Å². The second-order valence-electron chi connectivity index (χ2n) is 7.72. The minimum Gasteiger partial charge on any atom is -0.478 e. The van der Waals surface area contributed by atoms with Crippen molar-refractivity contribution in [3.63, 3.8) is 0 Å². The number of benzene rings is 2. The summed E-state index contributed by atoms with van der Waals surface area (Å²) in [6.45, 7) is 8.02. The molecule has 0 aliphatic rings. The van der Waals surface area contributed by atoms with Gasteiger partial charge < -0.3 is 19.5 Å². The number of halogens is 1. The quantitative estimate of drug-likeness (QED) is 0.542. The maximum atomic E-state index is 11.5. The van der Waals surface area contributed by atoms with E-state index >= 15 is 0 Å². The normalized spacial score (nSPS) is 12.3. The smallest absolute Gasteiger partial charge is 0.345 e. The third kappa shape index (κ3) is 4.14. The van der Waals surface area contributed by atoms with Crippen LogP contribution in [0.1, 0.15) is 41.0 Å². The van der Waals surface area contributed by atoms with E-state index in [1.54, 1.807) is 38.1 Å². The van der Waals surface area contributed by atoms with Gasteiger partial charge in [-0.3, -0.25) is 0 Å². The Morgan fingerprint density at radius 3 is 2.40 bits per heavy atom. The van der Waals surface area contributed by atoms with Gasteiger partial charge in [-0.1, -0.05) is 31.5 Å². The predicted molar refractivity (Wildman–Crippen MR) is 116 cm³/mol. The Hall–Kier alpha value is -2.99. The summed E-state index contributed by atoms with van der Waals surface area (Å²) in [5.41, 5.74) is 4.11. The number of nitrogens with zero attached hydrogens (tertiary/aromatic N) is 1. The van der Waals surface area contributed by atoms with Crippen LogP contribution in [-0.2, 0) is 11.3 Å². The number of hydrogen-bond acceptors (Lipinski definition) is 3. The Morgan fingerprint density at radius 2 is 1.80 bits per heavy atom. The molecule has 3 rings (SSSR count). The molecule has 0 saturated heterocycles. The van der Waals surface area contributed by atoms with Gasteiger partial charge in [0.25, 0.3) is 0 Å². The van der Waals surface area contributed by atoms with Gasteiger partial charge in [-0.25, -0.2) is 9.59 Å². The molecule has 0 fully saturated rings. The number of fused-ring (bicyclic) bond motifs is 1.